The minimum Gasteiger partial charge on any atom is -0.481 e. The van der Waals surface area contributed by atoms with E-state index in [0.717, 1.165) is 18.5 Å². The number of carbonyl (C=O) groups is 1. The Hall–Kier alpha value is -1.72. The third kappa shape index (κ3) is 4.88. The van der Waals surface area contributed by atoms with E-state index >= 15 is 0 Å². The normalized spacial score (nSPS) is 22.5. The molecule has 1 unspecified atom stereocenters. The molecule has 1 aromatic carbocycles. The monoisotopic (exact) mass is 321 g/mol. The van der Waals surface area contributed by atoms with Crippen molar-refractivity contribution in [2.45, 2.75) is 19.3 Å². The summed E-state index contributed by atoms with van der Waals surface area (Å²) in [5.74, 6) is -0.982. The molecule has 1 atom stereocenters. The standard InChI is InChI=1S/C18H24FNO3/c1-23-13-10-18(17(21)22)9-3-12-20(14-18)11-2-4-15-5-7-16(19)8-6-15/h2,4-8H,3,9-14H2,1H3,(H,21,22). The highest BCUT2D eigenvalue weighted by atomic mass is 19.1. The number of piperidine rings is 1. The van der Waals surface area contributed by atoms with Crippen molar-refractivity contribution in [2.75, 3.05) is 33.4 Å². The molecule has 0 aliphatic carbocycles. The van der Waals surface area contributed by atoms with Crippen LogP contribution in [0.2, 0.25) is 0 Å². The molecule has 5 heteroatoms. The van der Waals surface area contributed by atoms with E-state index in [-0.39, 0.29) is 5.82 Å². The van der Waals surface area contributed by atoms with Crippen LogP contribution in [0.15, 0.2) is 30.3 Å². The summed E-state index contributed by atoms with van der Waals surface area (Å²) in [5.41, 5.74) is 0.227. The molecule has 1 N–H and O–H groups in total. The molecule has 1 fully saturated rings. The first-order valence-electron chi connectivity index (χ1n) is 7.92. The van der Waals surface area contributed by atoms with Crippen LogP contribution >= 0.6 is 0 Å². The second kappa shape index (κ2) is 8.22. The fourth-order valence-electron chi connectivity index (χ4n) is 3.08. The van der Waals surface area contributed by atoms with Gasteiger partial charge in [-0.3, -0.25) is 9.69 Å². The number of carboxylic acids is 1. The van der Waals surface area contributed by atoms with E-state index in [0.29, 0.717) is 32.5 Å². The Morgan fingerprint density at radius 1 is 1.43 bits per heavy atom. The predicted molar refractivity (Wildman–Crippen MR) is 87.7 cm³/mol. The van der Waals surface area contributed by atoms with Crippen LogP contribution in [0.4, 0.5) is 4.39 Å². The van der Waals surface area contributed by atoms with Crippen LogP contribution in [0.5, 0.6) is 0 Å². The van der Waals surface area contributed by atoms with Gasteiger partial charge in [-0.15, -0.1) is 0 Å². The average Bonchev–Trinajstić information content (AvgIpc) is 2.55. The third-order valence-corrected chi connectivity index (χ3v) is 4.44. The van der Waals surface area contributed by atoms with Gasteiger partial charge in [0.2, 0.25) is 0 Å². The number of nitrogens with zero attached hydrogens (tertiary/aromatic N) is 1. The Kier molecular flexibility index (Phi) is 6.30. The van der Waals surface area contributed by atoms with Crippen molar-refractivity contribution in [2.24, 2.45) is 5.41 Å². The molecule has 0 aromatic heterocycles. The van der Waals surface area contributed by atoms with E-state index in [1.54, 1.807) is 19.2 Å². The fourth-order valence-corrected chi connectivity index (χ4v) is 3.08. The molecule has 126 valence electrons. The fraction of sp³-hybridized carbons (Fsp3) is 0.500. The third-order valence-electron chi connectivity index (χ3n) is 4.44. The first-order valence-corrected chi connectivity index (χ1v) is 7.92. The van der Waals surface area contributed by atoms with Crippen LogP contribution in [-0.2, 0) is 9.53 Å². The predicted octanol–water partition coefficient (Wildman–Crippen LogP) is 3.04. The molecule has 23 heavy (non-hydrogen) atoms. The van der Waals surface area contributed by atoms with Crippen molar-refractivity contribution < 1.29 is 19.0 Å². The lowest BCUT2D eigenvalue weighted by molar-refractivity contribution is -0.154. The van der Waals surface area contributed by atoms with Crippen molar-refractivity contribution in [3.8, 4) is 0 Å². The molecular weight excluding hydrogens is 297 g/mol. The summed E-state index contributed by atoms with van der Waals surface area (Å²) in [6.45, 7) is 2.60. The highest BCUT2D eigenvalue weighted by molar-refractivity contribution is 5.75. The zero-order valence-corrected chi connectivity index (χ0v) is 13.5. The molecular formula is C18H24FNO3. The van der Waals surface area contributed by atoms with Crippen LogP contribution in [0, 0.1) is 11.2 Å². The molecule has 0 bridgehead atoms. The molecule has 2 rings (SSSR count). The highest BCUT2D eigenvalue weighted by Gasteiger charge is 2.41. The van der Waals surface area contributed by atoms with Gasteiger partial charge >= 0.3 is 5.97 Å². The molecule has 4 nitrogen and oxygen atoms in total. The van der Waals surface area contributed by atoms with Gasteiger partial charge in [0.1, 0.15) is 5.82 Å². The smallest absolute Gasteiger partial charge is 0.311 e. The van der Waals surface area contributed by atoms with Crippen LogP contribution < -0.4 is 0 Å². The van der Waals surface area contributed by atoms with Gasteiger partial charge in [0.05, 0.1) is 5.41 Å². The van der Waals surface area contributed by atoms with Gasteiger partial charge in [0, 0.05) is 26.8 Å². The summed E-state index contributed by atoms with van der Waals surface area (Å²) in [5, 5.41) is 9.63. The van der Waals surface area contributed by atoms with E-state index in [2.05, 4.69) is 4.90 Å². The number of rotatable bonds is 7. The first kappa shape index (κ1) is 17.6. The number of benzene rings is 1. The summed E-state index contributed by atoms with van der Waals surface area (Å²) in [7, 11) is 1.60. The topological polar surface area (TPSA) is 49.8 Å². The van der Waals surface area contributed by atoms with E-state index < -0.39 is 11.4 Å². The lowest BCUT2D eigenvalue weighted by Crippen LogP contribution is -2.48. The van der Waals surface area contributed by atoms with Gasteiger partial charge in [0.25, 0.3) is 0 Å². The summed E-state index contributed by atoms with van der Waals surface area (Å²) >= 11 is 0. The molecule has 1 aliphatic heterocycles. The SMILES string of the molecule is COCCC1(C(=O)O)CCCN(CC=Cc2ccc(F)cc2)C1. The summed E-state index contributed by atoms with van der Waals surface area (Å²) < 4.78 is 17.9. The van der Waals surface area contributed by atoms with Gasteiger partial charge in [-0.2, -0.15) is 0 Å². The van der Waals surface area contributed by atoms with Crippen molar-refractivity contribution in [1.82, 2.24) is 4.90 Å². The summed E-state index contributed by atoms with van der Waals surface area (Å²) in [6, 6.07) is 6.31. The lowest BCUT2D eigenvalue weighted by Gasteiger charge is -2.39. The molecule has 1 saturated heterocycles. The Bertz CT molecular complexity index is 544. The quantitative estimate of drug-likeness (QED) is 0.838. The molecule has 0 spiro atoms. The van der Waals surface area contributed by atoms with Gasteiger partial charge in [-0.1, -0.05) is 24.3 Å². The minimum absolute atomic E-state index is 0.248. The number of hydrogen-bond acceptors (Lipinski definition) is 3. The van der Waals surface area contributed by atoms with Gasteiger partial charge in [-0.25, -0.2) is 4.39 Å². The van der Waals surface area contributed by atoms with Crippen molar-refractivity contribution in [3.63, 3.8) is 0 Å². The number of likely N-dealkylation sites (tertiary alicyclic amines) is 1. The maximum atomic E-state index is 12.9. The molecule has 0 radical (unpaired) electrons. The van der Waals surface area contributed by atoms with E-state index in [4.69, 9.17) is 4.74 Å². The van der Waals surface area contributed by atoms with E-state index in [1.807, 2.05) is 12.2 Å². The van der Waals surface area contributed by atoms with E-state index in [9.17, 15) is 14.3 Å². The van der Waals surface area contributed by atoms with Crippen molar-refractivity contribution in [3.05, 3.63) is 41.7 Å². The van der Waals surface area contributed by atoms with Crippen LogP contribution in [0.25, 0.3) is 6.08 Å². The largest absolute Gasteiger partial charge is 0.481 e. The Labute approximate surface area is 136 Å². The Morgan fingerprint density at radius 2 is 2.17 bits per heavy atom. The Morgan fingerprint density at radius 3 is 2.83 bits per heavy atom. The van der Waals surface area contributed by atoms with Crippen LogP contribution in [0.3, 0.4) is 0 Å². The summed E-state index contributed by atoms with van der Waals surface area (Å²) in [4.78, 5) is 13.9. The number of aliphatic carboxylic acids is 1. The van der Waals surface area contributed by atoms with Gasteiger partial charge in [0.15, 0.2) is 0 Å². The summed E-state index contributed by atoms with van der Waals surface area (Å²) in [6.07, 6.45) is 6.05. The molecule has 0 saturated carbocycles. The first-order chi connectivity index (χ1) is 11.1. The molecule has 1 aromatic rings. The number of ether oxygens (including phenoxy) is 1. The van der Waals surface area contributed by atoms with Gasteiger partial charge < -0.3 is 9.84 Å². The maximum absolute atomic E-state index is 12.9. The lowest BCUT2D eigenvalue weighted by atomic mass is 9.77. The van der Waals surface area contributed by atoms with Crippen LogP contribution in [-0.4, -0.2) is 49.3 Å². The second-order valence-electron chi connectivity index (χ2n) is 6.12. The number of carboxylic acid groups (broad SMARTS) is 1. The second-order valence-corrected chi connectivity index (χ2v) is 6.12. The number of halogens is 1. The Balaban J connectivity index is 1.94. The highest BCUT2D eigenvalue weighted by Crippen LogP contribution is 2.34. The molecule has 0 amide bonds. The number of methoxy groups -OCH3 is 1. The number of hydrogen-bond donors (Lipinski definition) is 1. The van der Waals surface area contributed by atoms with Gasteiger partial charge in [-0.05, 0) is 43.5 Å². The van der Waals surface area contributed by atoms with Crippen molar-refractivity contribution >= 4 is 12.0 Å². The minimum atomic E-state index is -0.734. The van der Waals surface area contributed by atoms with E-state index in [1.165, 1.54) is 12.1 Å². The maximum Gasteiger partial charge on any atom is 0.311 e. The zero-order valence-electron chi connectivity index (χ0n) is 13.5. The van der Waals surface area contributed by atoms with Crippen molar-refractivity contribution in [1.29, 1.82) is 0 Å². The zero-order chi connectivity index (χ0) is 16.7. The van der Waals surface area contributed by atoms with Crippen LogP contribution in [0.1, 0.15) is 24.8 Å². The molecule has 1 heterocycles. The molecule has 1 aliphatic rings. The average molecular weight is 321 g/mol.